The Labute approximate surface area is 131 Å². The number of hydrogen-bond donors (Lipinski definition) is 2. The zero-order valence-electron chi connectivity index (χ0n) is 12.0. The van der Waals surface area contributed by atoms with Crippen LogP contribution in [0.15, 0.2) is 56.6 Å². The molecule has 0 aliphatic carbocycles. The second kappa shape index (κ2) is 5.64. The van der Waals surface area contributed by atoms with Gasteiger partial charge in [0, 0.05) is 12.1 Å². The Balaban J connectivity index is 1.90. The van der Waals surface area contributed by atoms with Gasteiger partial charge >= 0.3 is 5.76 Å². The number of halogens is 1. The fourth-order valence-corrected chi connectivity index (χ4v) is 3.46. The van der Waals surface area contributed by atoms with Gasteiger partial charge in [-0.3, -0.25) is 4.98 Å². The van der Waals surface area contributed by atoms with Crippen LogP contribution in [0.25, 0.3) is 11.1 Å². The molecular formula is C15H13FN2O4S. The van der Waals surface area contributed by atoms with E-state index in [9.17, 15) is 17.6 Å². The smallest absolute Gasteiger partial charge is 0.408 e. The number of oxazole rings is 1. The van der Waals surface area contributed by atoms with Crippen LogP contribution in [0.3, 0.4) is 0 Å². The fourth-order valence-electron chi connectivity index (χ4n) is 2.21. The molecule has 2 N–H and O–H groups in total. The Morgan fingerprint density at radius 1 is 1.17 bits per heavy atom. The van der Waals surface area contributed by atoms with Crippen LogP contribution in [-0.2, 0) is 10.0 Å². The number of nitrogens with one attached hydrogen (secondary N) is 2. The Bertz CT molecular complexity index is 1010. The number of aromatic amines is 1. The molecule has 0 unspecified atom stereocenters. The number of fused-ring (bicyclic) bond motifs is 1. The van der Waals surface area contributed by atoms with Crippen LogP contribution in [0.2, 0.25) is 0 Å². The van der Waals surface area contributed by atoms with E-state index in [4.69, 9.17) is 4.42 Å². The molecule has 0 bridgehead atoms. The second-order valence-corrected chi connectivity index (χ2v) is 6.78. The molecule has 0 saturated heterocycles. The minimum Gasteiger partial charge on any atom is -0.408 e. The first-order valence-electron chi connectivity index (χ1n) is 6.76. The highest BCUT2D eigenvalue weighted by molar-refractivity contribution is 7.89. The summed E-state index contributed by atoms with van der Waals surface area (Å²) in [6.07, 6.45) is 0. The quantitative estimate of drug-likeness (QED) is 0.765. The number of H-pyrrole nitrogens is 1. The zero-order chi connectivity index (χ0) is 16.6. The number of hydrogen-bond acceptors (Lipinski definition) is 4. The third-order valence-electron chi connectivity index (χ3n) is 3.40. The van der Waals surface area contributed by atoms with Crippen LogP contribution in [0.5, 0.6) is 0 Å². The Morgan fingerprint density at radius 3 is 2.57 bits per heavy atom. The summed E-state index contributed by atoms with van der Waals surface area (Å²) in [5, 5.41) is 0. The molecule has 6 nitrogen and oxygen atoms in total. The molecule has 0 aliphatic heterocycles. The van der Waals surface area contributed by atoms with Crippen LogP contribution in [0.1, 0.15) is 18.5 Å². The lowest BCUT2D eigenvalue weighted by Gasteiger charge is -2.14. The Morgan fingerprint density at radius 2 is 1.87 bits per heavy atom. The monoisotopic (exact) mass is 336 g/mol. The maximum absolute atomic E-state index is 12.9. The summed E-state index contributed by atoms with van der Waals surface area (Å²) >= 11 is 0. The van der Waals surface area contributed by atoms with Crippen LogP contribution in [0, 0.1) is 5.82 Å². The molecule has 2 aromatic carbocycles. The van der Waals surface area contributed by atoms with Gasteiger partial charge in [-0.2, -0.15) is 0 Å². The molecular weight excluding hydrogens is 323 g/mol. The van der Waals surface area contributed by atoms with E-state index in [0.717, 1.165) is 0 Å². The summed E-state index contributed by atoms with van der Waals surface area (Å²) in [6, 6.07) is 9.10. The topological polar surface area (TPSA) is 92.2 Å². The third-order valence-corrected chi connectivity index (χ3v) is 4.94. The Hall–Kier alpha value is -2.45. The molecule has 3 aromatic rings. The minimum atomic E-state index is -3.82. The van der Waals surface area contributed by atoms with Crippen molar-refractivity contribution >= 4 is 21.1 Å². The number of aromatic nitrogens is 1. The largest absolute Gasteiger partial charge is 0.417 e. The van der Waals surface area contributed by atoms with Gasteiger partial charge in [0.1, 0.15) is 5.82 Å². The predicted octanol–water partition coefficient (Wildman–Crippen LogP) is 2.30. The number of rotatable bonds is 4. The fraction of sp³-hybridized carbons (Fsp3) is 0.133. The van der Waals surface area contributed by atoms with Gasteiger partial charge in [-0.25, -0.2) is 22.3 Å². The van der Waals surface area contributed by atoms with Crippen molar-refractivity contribution in [3.63, 3.8) is 0 Å². The highest BCUT2D eigenvalue weighted by Crippen LogP contribution is 2.20. The average molecular weight is 336 g/mol. The number of benzene rings is 2. The van der Waals surface area contributed by atoms with Gasteiger partial charge in [0.2, 0.25) is 10.0 Å². The summed E-state index contributed by atoms with van der Waals surface area (Å²) < 4.78 is 45.1. The highest BCUT2D eigenvalue weighted by atomic mass is 32.2. The molecule has 120 valence electrons. The normalized spacial score (nSPS) is 13.3. The maximum atomic E-state index is 12.9. The minimum absolute atomic E-state index is 0.0262. The lowest BCUT2D eigenvalue weighted by molar-refractivity contribution is 0.552. The molecule has 0 radical (unpaired) electrons. The van der Waals surface area contributed by atoms with E-state index in [2.05, 4.69) is 9.71 Å². The van der Waals surface area contributed by atoms with Gasteiger partial charge in [0.25, 0.3) is 0 Å². The maximum Gasteiger partial charge on any atom is 0.417 e. The van der Waals surface area contributed by atoms with E-state index in [1.54, 1.807) is 6.92 Å². The summed E-state index contributed by atoms with van der Waals surface area (Å²) in [6.45, 7) is 1.65. The van der Waals surface area contributed by atoms with E-state index in [1.807, 2.05) is 0 Å². The highest BCUT2D eigenvalue weighted by Gasteiger charge is 2.19. The van der Waals surface area contributed by atoms with Crippen molar-refractivity contribution in [2.24, 2.45) is 0 Å². The SMILES string of the molecule is C[C@H](NS(=O)(=O)c1ccc2[nH]c(=O)oc2c1)c1ccc(F)cc1. The van der Waals surface area contributed by atoms with E-state index in [-0.39, 0.29) is 10.5 Å². The standard InChI is InChI=1S/C15H13FN2O4S/c1-9(10-2-4-11(16)5-3-10)18-23(20,21)12-6-7-13-14(8-12)22-15(19)17-13/h2-9,18H,1H3,(H,17,19)/t9-/m0/s1. The van der Waals surface area contributed by atoms with E-state index in [0.29, 0.717) is 11.1 Å². The van der Waals surface area contributed by atoms with Gasteiger partial charge in [-0.05, 0) is 36.8 Å². The second-order valence-electron chi connectivity index (χ2n) is 5.07. The molecule has 3 rings (SSSR count). The molecule has 0 saturated carbocycles. The molecule has 23 heavy (non-hydrogen) atoms. The van der Waals surface area contributed by atoms with Crippen LogP contribution >= 0.6 is 0 Å². The van der Waals surface area contributed by atoms with Crippen LogP contribution in [-0.4, -0.2) is 13.4 Å². The molecule has 0 amide bonds. The molecule has 0 fully saturated rings. The summed E-state index contributed by atoms with van der Waals surface area (Å²) in [5.41, 5.74) is 1.21. The molecule has 0 spiro atoms. The predicted molar refractivity (Wildman–Crippen MR) is 82.0 cm³/mol. The van der Waals surface area contributed by atoms with E-state index in [1.165, 1.54) is 42.5 Å². The zero-order valence-corrected chi connectivity index (χ0v) is 12.9. The first kappa shape index (κ1) is 15.4. The van der Waals surface area contributed by atoms with Gasteiger partial charge in [0.15, 0.2) is 5.58 Å². The Kier molecular flexibility index (Phi) is 3.78. The van der Waals surface area contributed by atoms with Crippen molar-refractivity contribution in [1.29, 1.82) is 0 Å². The lowest BCUT2D eigenvalue weighted by atomic mass is 10.1. The summed E-state index contributed by atoms with van der Waals surface area (Å²) in [5.74, 6) is -1.04. The van der Waals surface area contributed by atoms with Crippen molar-refractivity contribution < 1.29 is 17.2 Å². The molecule has 1 heterocycles. The first-order chi connectivity index (χ1) is 10.8. The molecule has 8 heteroatoms. The third kappa shape index (κ3) is 3.17. The van der Waals surface area contributed by atoms with E-state index >= 15 is 0 Å². The van der Waals surface area contributed by atoms with Crippen molar-refractivity contribution in [3.8, 4) is 0 Å². The molecule has 0 aliphatic rings. The molecule has 1 aromatic heterocycles. The number of sulfonamides is 1. The summed E-state index contributed by atoms with van der Waals surface area (Å²) in [7, 11) is -3.82. The van der Waals surface area contributed by atoms with Gasteiger partial charge < -0.3 is 4.42 Å². The van der Waals surface area contributed by atoms with Crippen LogP contribution < -0.4 is 10.5 Å². The van der Waals surface area contributed by atoms with Crippen molar-refractivity contribution in [2.75, 3.05) is 0 Å². The van der Waals surface area contributed by atoms with Gasteiger partial charge in [-0.15, -0.1) is 0 Å². The summed E-state index contributed by atoms with van der Waals surface area (Å²) in [4.78, 5) is 13.5. The van der Waals surface area contributed by atoms with Gasteiger partial charge in [0.05, 0.1) is 10.4 Å². The van der Waals surface area contributed by atoms with Crippen molar-refractivity contribution in [2.45, 2.75) is 17.9 Å². The van der Waals surface area contributed by atoms with Gasteiger partial charge in [-0.1, -0.05) is 12.1 Å². The molecule has 1 atom stereocenters. The van der Waals surface area contributed by atoms with Crippen molar-refractivity contribution in [3.05, 3.63) is 64.4 Å². The lowest BCUT2D eigenvalue weighted by Crippen LogP contribution is -2.26. The first-order valence-corrected chi connectivity index (χ1v) is 8.24. The average Bonchev–Trinajstić information content (AvgIpc) is 2.86. The van der Waals surface area contributed by atoms with Crippen molar-refractivity contribution in [1.82, 2.24) is 9.71 Å². The van der Waals surface area contributed by atoms with E-state index < -0.39 is 27.6 Å². The van der Waals surface area contributed by atoms with Crippen LogP contribution in [0.4, 0.5) is 4.39 Å².